The molecule has 0 radical (unpaired) electrons. The Hall–Kier alpha value is -3.67. The molecule has 12 heteroatoms. The van der Waals surface area contributed by atoms with E-state index < -0.39 is 18.4 Å². The number of fused-ring (bicyclic) bond motifs is 1. The van der Waals surface area contributed by atoms with Gasteiger partial charge in [-0.05, 0) is 36.2 Å². The first-order chi connectivity index (χ1) is 14.9. The fourth-order valence-electron chi connectivity index (χ4n) is 3.09. The van der Waals surface area contributed by atoms with Crippen LogP contribution in [0.1, 0.15) is 17.9 Å². The molecule has 0 spiro atoms. The molecular weight excluding hydrogens is 415 g/mol. The molecule has 0 amide bonds. The summed E-state index contributed by atoms with van der Waals surface area (Å²) in [6.45, 7) is -2.97. The number of benzene rings is 1. The highest BCUT2D eigenvalue weighted by Gasteiger charge is 2.41. The van der Waals surface area contributed by atoms with E-state index in [1.165, 1.54) is 19.4 Å². The first-order valence-corrected chi connectivity index (χ1v) is 9.20. The largest absolute Gasteiger partial charge is 0.480 e. The zero-order valence-electron chi connectivity index (χ0n) is 16.2. The number of methoxy groups -OCH3 is 1. The van der Waals surface area contributed by atoms with Crippen molar-refractivity contribution in [3.05, 3.63) is 48.0 Å². The number of hydroxylamine groups is 1. The summed E-state index contributed by atoms with van der Waals surface area (Å²) in [7, 11) is 1.50. The van der Waals surface area contributed by atoms with Gasteiger partial charge in [-0.1, -0.05) is 0 Å². The van der Waals surface area contributed by atoms with Gasteiger partial charge in [-0.3, -0.25) is 0 Å². The van der Waals surface area contributed by atoms with Crippen LogP contribution in [0, 0.1) is 5.82 Å². The number of halogens is 3. The molecule has 0 bridgehead atoms. The van der Waals surface area contributed by atoms with Gasteiger partial charge in [0.1, 0.15) is 11.3 Å². The number of rotatable bonds is 7. The summed E-state index contributed by atoms with van der Waals surface area (Å²) in [6, 6.07) is 5.29. The average Bonchev–Trinajstić information content (AvgIpc) is 3.52. The van der Waals surface area contributed by atoms with Crippen molar-refractivity contribution in [3.8, 4) is 5.88 Å². The highest BCUT2D eigenvalue weighted by Crippen LogP contribution is 2.43. The Bertz CT molecular complexity index is 1130. The highest BCUT2D eigenvalue weighted by atomic mass is 19.3. The van der Waals surface area contributed by atoms with Gasteiger partial charge in [-0.25, -0.2) is 19.3 Å². The molecule has 4 rings (SSSR count). The van der Waals surface area contributed by atoms with Crippen LogP contribution in [0.3, 0.4) is 0 Å². The average molecular weight is 433 g/mol. The van der Waals surface area contributed by atoms with Crippen LogP contribution in [0.25, 0.3) is 11.0 Å². The van der Waals surface area contributed by atoms with Crippen LogP contribution in [0.5, 0.6) is 5.88 Å². The van der Waals surface area contributed by atoms with Gasteiger partial charge in [0, 0.05) is 17.8 Å². The van der Waals surface area contributed by atoms with Gasteiger partial charge in [-0.15, -0.1) is 5.48 Å². The zero-order valence-corrected chi connectivity index (χ0v) is 16.2. The van der Waals surface area contributed by atoms with E-state index in [0.717, 1.165) is 0 Å². The van der Waals surface area contributed by atoms with Gasteiger partial charge in [0.15, 0.2) is 5.82 Å². The monoisotopic (exact) mass is 433 g/mol. The number of hydrogen-bond acceptors (Lipinski definition) is 8. The molecule has 4 N–H and O–H groups in total. The van der Waals surface area contributed by atoms with Crippen LogP contribution in [0.15, 0.2) is 41.7 Å². The Balaban J connectivity index is 1.49. The summed E-state index contributed by atoms with van der Waals surface area (Å²) in [5.41, 5.74) is 9.89. The van der Waals surface area contributed by atoms with Crippen molar-refractivity contribution >= 4 is 28.6 Å². The van der Waals surface area contributed by atoms with Crippen molar-refractivity contribution in [1.29, 1.82) is 0 Å². The molecular formula is C19H18F3N7O2. The van der Waals surface area contributed by atoms with E-state index >= 15 is 0 Å². The number of aliphatic imine (C=N–C) groups is 1. The third kappa shape index (κ3) is 4.74. The van der Waals surface area contributed by atoms with Crippen LogP contribution < -0.4 is 21.3 Å². The lowest BCUT2D eigenvalue weighted by Gasteiger charge is -2.11. The van der Waals surface area contributed by atoms with Crippen LogP contribution >= 0.6 is 0 Å². The van der Waals surface area contributed by atoms with Crippen molar-refractivity contribution in [2.24, 2.45) is 10.7 Å². The third-order valence-corrected chi connectivity index (χ3v) is 4.64. The predicted octanol–water partition coefficient (Wildman–Crippen LogP) is 2.83. The van der Waals surface area contributed by atoms with E-state index in [9.17, 15) is 13.2 Å². The van der Waals surface area contributed by atoms with E-state index in [1.54, 1.807) is 24.4 Å². The lowest BCUT2D eigenvalue weighted by Crippen LogP contribution is -2.29. The Labute approximate surface area is 174 Å². The minimum absolute atomic E-state index is 0.217. The topological polar surface area (TPSA) is 120 Å². The quantitative estimate of drug-likeness (QED) is 0.225. The molecule has 162 valence electrons. The molecule has 1 aliphatic carbocycles. The minimum Gasteiger partial charge on any atom is -0.480 e. The molecule has 0 saturated heterocycles. The minimum atomic E-state index is -2.97. The number of nitrogens with one attached hydrogen (secondary N) is 2. The fraction of sp³-hybridized carbons (Fsp3) is 0.263. The number of amidine groups is 1. The summed E-state index contributed by atoms with van der Waals surface area (Å²) in [5, 5.41) is 3.13. The maximum atomic E-state index is 14.4. The van der Waals surface area contributed by atoms with Gasteiger partial charge >= 0.3 is 12.6 Å². The highest BCUT2D eigenvalue weighted by molar-refractivity contribution is 5.87. The molecule has 0 unspecified atom stereocenters. The van der Waals surface area contributed by atoms with E-state index in [1.807, 2.05) is 0 Å². The summed E-state index contributed by atoms with van der Waals surface area (Å²) in [4.78, 5) is 20.5. The molecule has 1 fully saturated rings. The molecule has 1 aromatic carbocycles. The molecule has 0 aliphatic heterocycles. The number of ether oxygens (including phenoxy) is 1. The van der Waals surface area contributed by atoms with E-state index in [0.29, 0.717) is 40.4 Å². The number of nitrogens with zero attached hydrogens (tertiary/aromatic N) is 4. The van der Waals surface area contributed by atoms with Gasteiger partial charge in [-0.2, -0.15) is 13.8 Å². The van der Waals surface area contributed by atoms with Gasteiger partial charge in [0.2, 0.25) is 5.88 Å². The van der Waals surface area contributed by atoms with E-state index in [2.05, 4.69) is 30.7 Å². The summed E-state index contributed by atoms with van der Waals surface area (Å²) in [6.07, 6.45) is 3.60. The molecule has 31 heavy (non-hydrogen) atoms. The molecule has 3 aromatic rings. The first-order valence-electron chi connectivity index (χ1n) is 9.20. The number of anilines is 2. The lowest BCUT2D eigenvalue weighted by atomic mass is 10.1. The predicted molar refractivity (Wildman–Crippen MR) is 107 cm³/mol. The second-order valence-corrected chi connectivity index (χ2v) is 6.71. The van der Waals surface area contributed by atoms with Crippen molar-refractivity contribution in [2.75, 3.05) is 12.4 Å². The third-order valence-electron chi connectivity index (χ3n) is 4.64. The number of hydrogen-bond donors (Lipinski definition) is 3. The number of pyridine rings is 1. The molecule has 9 nitrogen and oxygen atoms in total. The lowest BCUT2D eigenvalue weighted by molar-refractivity contribution is 0.134. The second kappa shape index (κ2) is 8.60. The fourth-order valence-corrected chi connectivity index (χ4v) is 3.09. The maximum absolute atomic E-state index is 14.4. The van der Waals surface area contributed by atoms with Crippen LogP contribution in [0.2, 0.25) is 0 Å². The number of nitrogens with two attached hydrogens (primary N) is 1. The first kappa shape index (κ1) is 20.6. The second-order valence-electron chi connectivity index (χ2n) is 6.71. The smallest absolute Gasteiger partial charge is 0.336 e. The molecule has 1 aliphatic rings. The summed E-state index contributed by atoms with van der Waals surface area (Å²) in [5.74, 6) is 0.215. The van der Waals surface area contributed by atoms with Crippen LogP contribution in [-0.2, 0) is 4.84 Å². The van der Waals surface area contributed by atoms with Crippen molar-refractivity contribution in [2.45, 2.75) is 24.9 Å². The molecule has 1 saturated carbocycles. The number of alkyl halides is 2. The standard InChI is InChI=1S/C19H18F3N7O2/c1-30-15-8-25-16-13(27-15)4-5-24-17(16)26-9-2-3-12(20)10(6-9)11-7-14(11)29-31-19(23)28-18(21)22/h2-6,8,11,14,18,29H,7H2,1H3,(H2,23,28)(H,24,26)/t11-,14-/m1/s1. The normalized spacial score (nSPS) is 18.3. The maximum Gasteiger partial charge on any atom is 0.336 e. The summed E-state index contributed by atoms with van der Waals surface area (Å²) < 4.78 is 43.7. The Morgan fingerprint density at radius 2 is 2.13 bits per heavy atom. The van der Waals surface area contributed by atoms with Gasteiger partial charge in [0.05, 0.1) is 24.9 Å². The molecule has 2 aromatic heterocycles. The Kier molecular flexibility index (Phi) is 5.71. The van der Waals surface area contributed by atoms with Crippen molar-refractivity contribution in [1.82, 2.24) is 20.4 Å². The van der Waals surface area contributed by atoms with Crippen LogP contribution in [0.4, 0.5) is 24.7 Å². The Morgan fingerprint density at radius 1 is 1.29 bits per heavy atom. The van der Waals surface area contributed by atoms with E-state index in [-0.39, 0.29) is 12.0 Å². The summed E-state index contributed by atoms with van der Waals surface area (Å²) >= 11 is 0. The van der Waals surface area contributed by atoms with Gasteiger partial charge < -0.3 is 20.6 Å². The van der Waals surface area contributed by atoms with Crippen molar-refractivity contribution < 1.29 is 22.7 Å². The molecule has 2 heterocycles. The van der Waals surface area contributed by atoms with Crippen molar-refractivity contribution in [3.63, 3.8) is 0 Å². The SMILES string of the molecule is COc1cnc2c(Nc3ccc(F)c([C@H]4C[C@H]4NO/C(N)=N\C(F)F)c3)nccc2n1. The zero-order chi connectivity index (χ0) is 22.0. The Morgan fingerprint density at radius 3 is 2.90 bits per heavy atom. The number of aromatic nitrogens is 3. The van der Waals surface area contributed by atoms with Crippen LogP contribution in [-0.4, -0.2) is 40.7 Å². The van der Waals surface area contributed by atoms with E-state index in [4.69, 9.17) is 15.3 Å². The molecule has 2 atom stereocenters. The van der Waals surface area contributed by atoms with Gasteiger partial charge in [0.25, 0.3) is 0 Å².